The first-order valence-electron chi connectivity index (χ1n) is 6.05. The summed E-state index contributed by atoms with van der Waals surface area (Å²) in [7, 11) is 0. The van der Waals surface area contributed by atoms with Gasteiger partial charge in [-0.25, -0.2) is 9.97 Å². The van der Waals surface area contributed by atoms with Crippen molar-refractivity contribution in [2.24, 2.45) is 0 Å². The van der Waals surface area contributed by atoms with Crippen molar-refractivity contribution in [2.75, 3.05) is 0 Å². The summed E-state index contributed by atoms with van der Waals surface area (Å²) >= 11 is 4.25. The van der Waals surface area contributed by atoms with Gasteiger partial charge in [0.2, 0.25) is 0 Å². The molecule has 0 atom stereocenters. The van der Waals surface area contributed by atoms with Gasteiger partial charge in [-0.2, -0.15) is 12.6 Å². The molecular formula is C15H18N2S. The van der Waals surface area contributed by atoms with Crippen molar-refractivity contribution in [1.82, 2.24) is 9.97 Å². The number of aryl methyl sites for hydroxylation is 4. The molecule has 1 heterocycles. The molecular weight excluding hydrogens is 240 g/mol. The van der Waals surface area contributed by atoms with Crippen molar-refractivity contribution in [3.05, 3.63) is 46.4 Å². The second-order valence-electron chi connectivity index (χ2n) is 4.72. The Bertz CT molecular complexity index is 591. The van der Waals surface area contributed by atoms with Gasteiger partial charge < -0.3 is 0 Å². The highest BCUT2D eigenvalue weighted by atomic mass is 32.1. The Hall–Kier alpha value is -1.35. The van der Waals surface area contributed by atoms with Crippen LogP contribution in [0, 0.1) is 27.7 Å². The van der Waals surface area contributed by atoms with Crippen LogP contribution < -0.4 is 0 Å². The van der Waals surface area contributed by atoms with Gasteiger partial charge in [-0.3, -0.25) is 0 Å². The third kappa shape index (κ3) is 2.56. The van der Waals surface area contributed by atoms with Crippen molar-refractivity contribution in [1.29, 1.82) is 0 Å². The molecule has 0 radical (unpaired) electrons. The minimum atomic E-state index is 0.568. The van der Waals surface area contributed by atoms with Crippen LogP contribution in [-0.2, 0) is 5.75 Å². The Kier molecular flexibility index (Phi) is 3.71. The molecule has 0 aliphatic carbocycles. The molecule has 0 aliphatic rings. The molecule has 1 aromatic carbocycles. The summed E-state index contributed by atoms with van der Waals surface area (Å²) in [4.78, 5) is 8.93. The van der Waals surface area contributed by atoms with Crippen molar-refractivity contribution in [3.8, 4) is 11.3 Å². The van der Waals surface area contributed by atoms with Gasteiger partial charge in [0.05, 0.1) is 11.4 Å². The zero-order valence-electron chi connectivity index (χ0n) is 11.3. The second kappa shape index (κ2) is 5.11. The highest BCUT2D eigenvalue weighted by molar-refractivity contribution is 7.79. The van der Waals surface area contributed by atoms with E-state index in [1.54, 1.807) is 0 Å². The number of rotatable bonds is 2. The van der Waals surface area contributed by atoms with E-state index < -0.39 is 0 Å². The lowest BCUT2D eigenvalue weighted by atomic mass is 9.98. The molecule has 0 aliphatic heterocycles. The largest absolute Gasteiger partial charge is 0.237 e. The van der Waals surface area contributed by atoms with Crippen LogP contribution >= 0.6 is 12.6 Å². The average molecular weight is 258 g/mol. The van der Waals surface area contributed by atoms with E-state index in [0.29, 0.717) is 5.75 Å². The molecule has 2 nitrogen and oxygen atoms in total. The molecule has 0 saturated heterocycles. The molecule has 1 aromatic heterocycles. The Morgan fingerprint density at radius 1 is 0.889 bits per heavy atom. The third-order valence-electron chi connectivity index (χ3n) is 3.16. The predicted molar refractivity (Wildman–Crippen MR) is 79.1 cm³/mol. The number of hydrogen-bond donors (Lipinski definition) is 1. The molecule has 3 heteroatoms. The van der Waals surface area contributed by atoms with Gasteiger partial charge in [0.1, 0.15) is 5.82 Å². The lowest BCUT2D eigenvalue weighted by molar-refractivity contribution is 1.00. The summed E-state index contributed by atoms with van der Waals surface area (Å²) in [6, 6.07) is 6.45. The molecule has 2 rings (SSSR count). The van der Waals surface area contributed by atoms with E-state index in [9.17, 15) is 0 Å². The lowest BCUT2D eigenvalue weighted by Gasteiger charge is -2.10. The summed E-state index contributed by atoms with van der Waals surface area (Å²) in [6.45, 7) is 8.39. The third-order valence-corrected chi connectivity index (χ3v) is 3.44. The van der Waals surface area contributed by atoms with Crippen LogP contribution in [0.25, 0.3) is 11.3 Å². The van der Waals surface area contributed by atoms with Gasteiger partial charge in [-0.15, -0.1) is 0 Å². The number of benzene rings is 1. The van der Waals surface area contributed by atoms with Crippen LogP contribution in [0.2, 0.25) is 0 Å². The summed E-state index contributed by atoms with van der Waals surface area (Å²) in [5.74, 6) is 1.35. The van der Waals surface area contributed by atoms with E-state index >= 15 is 0 Å². The van der Waals surface area contributed by atoms with Crippen LogP contribution in [0.4, 0.5) is 0 Å². The van der Waals surface area contributed by atoms with Crippen molar-refractivity contribution in [2.45, 2.75) is 33.4 Å². The fourth-order valence-electron chi connectivity index (χ4n) is 2.08. The van der Waals surface area contributed by atoms with E-state index in [0.717, 1.165) is 17.2 Å². The fourth-order valence-corrected chi connectivity index (χ4v) is 2.22. The van der Waals surface area contributed by atoms with Gasteiger partial charge in [0, 0.05) is 11.3 Å². The first-order chi connectivity index (χ1) is 8.51. The second-order valence-corrected chi connectivity index (χ2v) is 5.04. The van der Waals surface area contributed by atoms with E-state index in [-0.39, 0.29) is 0 Å². The maximum Gasteiger partial charge on any atom is 0.138 e. The van der Waals surface area contributed by atoms with Crippen molar-refractivity contribution < 1.29 is 0 Å². The summed E-state index contributed by atoms with van der Waals surface area (Å²) < 4.78 is 0. The first-order valence-corrected chi connectivity index (χ1v) is 6.68. The van der Waals surface area contributed by atoms with Gasteiger partial charge in [-0.1, -0.05) is 6.07 Å². The standard InChI is InChI=1S/C15H18N2S/c1-9-5-11(3)13(6-10(9)2)14-7-12(4)16-15(8-18)17-14/h5-7,18H,8H2,1-4H3. The Balaban J connectivity index is 2.61. The number of aromatic nitrogens is 2. The zero-order valence-corrected chi connectivity index (χ0v) is 12.2. The number of thiol groups is 1. The molecule has 0 spiro atoms. The topological polar surface area (TPSA) is 25.8 Å². The molecule has 0 amide bonds. The molecule has 0 bridgehead atoms. The van der Waals surface area contributed by atoms with E-state index in [4.69, 9.17) is 0 Å². The highest BCUT2D eigenvalue weighted by Crippen LogP contribution is 2.25. The normalized spacial score (nSPS) is 10.7. The van der Waals surface area contributed by atoms with Crippen molar-refractivity contribution >= 4 is 12.6 Å². The maximum absolute atomic E-state index is 4.57. The summed E-state index contributed by atoms with van der Waals surface area (Å²) in [5, 5.41) is 0. The van der Waals surface area contributed by atoms with Crippen LogP contribution in [0.3, 0.4) is 0 Å². The number of nitrogens with zero attached hydrogens (tertiary/aromatic N) is 2. The van der Waals surface area contributed by atoms with E-state index in [1.165, 1.54) is 22.3 Å². The van der Waals surface area contributed by atoms with Gasteiger partial charge >= 0.3 is 0 Å². The highest BCUT2D eigenvalue weighted by Gasteiger charge is 2.08. The molecule has 18 heavy (non-hydrogen) atoms. The van der Waals surface area contributed by atoms with E-state index in [2.05, 4.69) is 55.5 Å². The van der Waals surface area contributed by atoms with Gasteiger partial charge in [-0.05, 0) is 56.5 Å². The quantitative estimate of drug-likeness (QED) is 0.829. The fraction of sp³-hybridized carbons (Fsp3) is 0.333. The van der Waals surface area contributed by atoms with Crippen LogP contribution in [-0.4, -0.2) is 9.97 Å². The first kappa shape index (κ1) is 13.1. The zero-order chi connectivity index (χ0) is 13.3. The van der Waals surface area contributed by atoms with E-state index in [1.807, 2.05) is 13.0 Å². The average Bonchev–Trinajstić information content (AvgIpc) is 2.33. The van der Waals surface area contributed by atoms with Gasteiger partial charge in [0.15, 0.2) is 0 Å². The van der Waals surface area contributed by atoms with Gasteiger partial charge in [0.25, 0.3) is 0 Å². The molecule has 0 N–H and O–H groups in total. The molecule has 0 unspecified atom stereocenters. The molecule has 0 saturated carbocycles. The Morgan fingerprint density at radius 2 is 1.56 bits per heavy atom. The molecule has 2 aromatic rings. The van der Waals surface area contributed by atoms with Crippen LogP contribution in [0.15, 0.2) is 18.2 Å². The van der Waals surface area contributed by atoms with Crippen LogP contribution in [0.1, 0.15) is 28.2 Å². The minimum absolute atomic E-state index is 0.568. The Morgan fingerprint density at radius 3 is 2.22 bits per heavy atom. The SMILES string of the molecule is Cc1cc(-c2cc(C)c(C)cc2C)nc(CS)n1. The maximum atomic E-state index is 4.57. The summed E-state index contributed by atoms with van der Waals surface area (Å²) in [5.41, 5.74) is 7.03. The lowest BCUT2D eigenvalue weighted by Crippen LogP contribution is -1.98. The Labute approximate surface area is 114 Å². The molecule has 0 fully saturated rings. The summed E-state index contributed by atoms with van der Waals surface area (Å²) in [6.07, 6.45) is 0. The van der Waals surface area contributed by atoms with Crippen molar-refractivity contribution in [3.63, 3.8) is 0 Å². The molecule has 94 valence electrons. The van der Waals surface area contributed by atoms with Crippen LogP contribution in [0.5, 0.6) is 0 Å². The smallest absolute Gasteiger partial charge is 0.138 e. The minimum Gasteiger partial charge on any atom is -0.237 e. The predicted octanol–water partition coefficient (Wildman–Crippen LogP) is 3.81. The monoisotopic (exact) mass is 258 g/mol. The number of hydrogen-bond acceptors (Lipinski definition) is 3.